The summed E-state index contributed by atoms with van der Waals surface area (Å²) in [4.78, 5) is 11.7. The number of nitrogens with one attached hydrogen (secondary N) is 1. The van der Waals surface area contributed by atoms with E-state index in [4.69, 9.17) is 10.00 Å². The number of benzene rings is 1. The smallest absolute Gasteiger partial charge is 0.412 e. The minimum Gasteiger partial charge on any atom is -0.438 e. The predicted octanol–water partition coefficient (Wildman–Crippen LogP) is 4.19. The minimum atomic E-state index is -0.583. The molecule has 0 fully saturated rings. The van der Waals surface area contributed by atoms with E-state index in [-0.39, 0.29) is 0 Å². The molecule has 1 N–H and O–H groups in total. The summed E-state index contributed by atoms with van der Waals surface area (Å²) < 4.78 is 5.56. The average molecular weight is 270 g/mol. The fourth-order valence-electron chi connectivity index (χ4n) is 2.60. The lowest BCUT2D eigenvalue weighted by Gasteiger charge is -2.37. The molecule has 0 atom stereocenters. The summed E-state index contributed by atoms with van der Waals surface area (Å²) in [6.07, 6.45) is 2.55. The largest absolute Gasteiger partial charge is 0.438 e. The van der Waals surface area contributed by atoms with Crippen molar-refractivity contribution in [2.24, 2.45) is 0 Å². The molecule has 0 radical (unpaired) electrons. The number of hydrogen-bond acceptors (Lipinski definition) is 3. The fraction of sp³-hybridized carbons (Fsp3) is 0.375. The van der Waals surface area contributed by atoms with Gasteiger partial charge in [-0.1, -0.05) is 19.9 Å². The van der Waals surface area contributed by atoms with E-state index in [2.05, 4.69) is 5.32 Å². The van der Waals surface area contributed by atoms with Crippen LogP contribution >= 0.6 is 0 Å². The number of allylic oxidation sites excluding steroid dienone is 2. The Morgan fingerprint density at radius 2 is 2.15 bits per heavy atom. The molecule has 1 aromatic rings. The number of carbonyl (C=O) groups excluding carboxylic acids is 1. The van der Waals surface area contributed by atoms with Crippen LogP contribution in [0.25, 0.3) is 5.57 Å². The Labute approximate surface area is 119 Å². The molecule has 0 unspecified atom stereocenters. The first-order chi connectivity index (χ1) is 9.56. The SMILES string of the molecule is CCC1(CC)OC(=O)Nc2ccc(/C(C)=C\C#N)cc21. The normalized spacial score (nSPS) is 16.7. The quantitative estimate of drug-likeness (QED) is 0.837. The Hall–Kier alpha value is -2.28. The first-order valence-corrected chi connectivity index (χ1v) is 6.77. The summed E-state index contributed by atoms with van der Waals surface area (Å²) in [5, 5.41) is 11.5. The van der Waals surface area contributed by atoms with Crippen LogP contribution in [0.2, 0.25) is 0 Å². The maximum atomic E-state index is 11.7. The van der Waals surface area contributed by atoms with E-state index in [9.17, 15) is 4.79 Å². The summed E-state index contributed by atoms with van der Waals surface area (Å²) in [5.74, 6) is 0. The van der Waals surface area contributed by atoms with E-state index < -0.39 is 11.7 Å². The van der Waals surface area contributed by atoms with Crippen molar-refractivity contribution in [2.75, 3.05) is 5.32 Å². The predicted molar refractivity (Wildman–Crippen MR) is 78.1 cm³/mol. The molecule has 1 heterocycles. The third-order valence-corrected chi connectivity index (χ3v) is 3.91. The molecule has 2 rings (SSSR count). The topological polar surface area (TPSA) is 62.1 Å². The van der Waals surface area contributed by atoms with E-state index in [1.807, 2.05) is 45.0 Å². The summed E-state index contributed by atoms with van der Waals surface area (Å²) in [6.45, 7) is 5.92. The van der Waals surface area contributed by atoms with Crippen LogP contribution in [0.1, 0.15) is 44.7 Å². The van der Waals surface area contributed by atoms with E-state index in [0.717, 1.165) is 22.4 Å². The molecule has 0 saturated carbocycles. The molecule has 4 heteroatoms. The zero-order valence-corrected chi connectivity index (χ0v) is 12.0. The lowest BCUT2D eigenvalue weighted by atomic mass is 9.84. The molecule has 0 bridgehead atoms. The van der Waals surface area contributed by atoms with Crippen molar-refractivity contribution in [3.63, 3.8) is 0 Å². The number of nitriles is 1. The maximum Gasteiger partial charge on any atom is 0.412 e. The minimum absolute atomic E-state index is 0.404. The number of carbonyl (C=O) groups is 1. The number of amides is 1. The first-order valence-electron chi connectivity index (χ1n) is 6.77. The van der Waals surface area contributed by atoms with E-state index in [0.29, 0.717) is 12.8 Å². The molecule has 1 aliphatic heterocycles. The summed E-state index contributed by atoms with van der Waals surface area (Å²) in [7, 11) is 0. The summed E-state index contributed by atoms with van der Waals surface area (Å²) >= 11 is 0. The fourth-order valence-corrected chi connectivity index (χ4v) is 2.60. The maximum absolute atomic E-state index is 11.7. The number of hydrogen-bond donors (Lipinski definition) is 1. The number of fused-ring (bicyclic) bond motifs is 1. The van der Waals surface area contributed by atoms with Crippen molar-refractivity contribution >= 4 is 17.4 Å². The van der Waals surface area contributed by atoms with Gasteiger partial charge in [-0.2, -0.15) is 5.26 Å². The highest BCUT2D eigenvalue weighted by Gasteiger charge is 2.39. The highest BCUT2D eigenvalue weighted by molar-refractivity contribution is 5.89. The molecule has 20 heavy (non-hydrogen) atoms. The van der Waals surface area contributed by atoms with E-state index >= 15 is 0 Å². The lowest BCUT2D eigenvalue weighted by molar-refractivity contribution is 0.00471. The molecule has 1 aliphatic rings. The van der Waals surface area contributed by atoms with Crippen molar-refractivity contribution in [2.45, 2.75) is 39.2 Å². The second-order valence-electron chi connectivity index (χ2n) is 4.93. The van der Waals surface area contributed by atoms with Crippen molar-refractivity contribution in [3.05, 3.63) is 35.4 Å². The zero-order chi connectivity index (χ0) is 14.8. The van der Waals surface area contributed by atoms with E-state index in [1.54, 1.807) is 0 Å². The Morgan fingerprint density at radius 1 is 1.45 bits per heavy atom. The Bertz CT molecular complexity index is 607. The first kappa shape index (κ1) is 14.1. The number of rotatable bonds is 3. The lowest BCUT2D eigenvalue weighted by Crippen LogP contribution is -2.38. The van der Waals surface area contributed by atoms with Crippen LogP contribution in [-0.4, -0.2) is 6.09 Å². The molecule has 4 nitrogen and oxygen atoms in total. The summed E-state index contributed by atoms with van der Waals surface area (Å²) in [5.41, 5.74) is 3.05. The second-order valence-corrected chi connectivity index (χ2v) is 4.93. The molecular formula is C16H18N2O2. The molecule has 1 amide bonds. The summed E-state index contributed by atoms with van der Waals surface area (Å²) in [6, 6.07) is 7.82. The molecule has 0 saturated heterocycles. The van der Waals surface area contributed by atoms with Gasteiger partial charge in [-0.3, -0.25) is 5.32 Å². The Kier molecular flexibility index (Phi) is 3.80. The molecule has 0 aromatic heterocycles. The number of anilines is 1. The number of nitrogens with zero attached hydrogens (tertiary/aromatic N) is 1. The van der Waals surface area contributed by atoms with Gasteiger partial charge in [-0.25, -0.2) is 4.79 Å². The van der Waals surface area contributed by atoms with Gasteiger partial charge < -0.3 is 4.74 Å². The molecule has 0 aliphatic carbocycles. The molecular weight excluding hydrogens is 252 g/mol. The van der Waals surface area contributed by atoms with Crippen molar-refractivity contribution in [3.8, 4) is 6.07 Å². The van der Waals surface area contributed by atoms with Crippen molar-refractivity contribution in [1.29, 1.82) is 5.26 Å². The van der Waals surface area contributed by atoms with Crippen LogP contribution in [-0.2, 0) is 10.3 Å². The van der Waals surface area contributed by atoms with Gasteiger partial charge in [0.1, 0.15) is 5.60 Å². The van der Waals surface area contributed by atoms with Gasteiger partial charge in [0.05, 0.1) is 11.8 Å². The third kappa shape index (κ3) is 2.27. The van der Waals surface area contributed by atoms with Crippen molar-refractivity contribution in [1.82, 2.24) is 0 Å². The van der Waals surface area contributed by atoms with Crippen LogP contribution in [0.15, 0.2) is 24.3 Å². The monoisotopic (exact) mass is 270 g/mol. The van der Waals surface area contributed by atoms with Gasteiger partial charge >= 0.3 is 6.09 Å². The standard InChI is InChI=1S/C16H18N2O2/c1-4-16(5-2)13-10-12(11(3)8-9-17)6-7-14(13)18-15(19)20-16/h6-8,10H,4-5H2,1-3H3,(H,18,19)/b11-8-. The Morgan fingerprint density at radius 3 is 2.75 bits per heavy atom. The van der Waals surface area contributed by atoms with E-state index in [1.165, 1.54) is 6.08 Å². The highest BCUT2D eigenvalue weighted by Crippen LogP contribution is 2.42. The van der Waals surface area contributed by atoms with Gasteiger partial charge in [0.25, 0.3) is 0 Å². The molecule has 0 spiro atoms. The van der Waals surface area contributed by atoms with Crippen LogP contribution in [0.3, 0.4) is 0 Å². The van der Waals surface area contributed by atoms with Crippen LogP contribution in [0.5, 0.6) is 0 Å². The van der Waals surface area contributed by atoms with Gasteiger partial charge in [0.15, 0.2) is 0 Å². The molecule has 104 valence electrons. The average Bonchev–Trinajstić information content (AvgIpc) is 2.46. The van der Waals surface area contributed by atoms with Crippen molar-refractivity contribution < 1.29 is 9.53 Å². The number of cyclic esters (lactones) is 1. The Balaban J connectivity index is 2.59. The van der Waals surface area contributed by atoms with Crippen LogP contribution in [0, 0.1) is 11.3 Å². The van der Waals surface area contributed by atoms with Gasteiger partial charge in [-0.05, 0) is 43.0 Å². The highest BCUT2D eigenvalue weighted by atomic mass is 16.6. The zero-order valence-electron chi connectivity index (χ0n) is 12.0. The van der Waals surface area contributed by atoms with Crippen LogP contribution in [0.4, 0.5) is 10.5 Å². The second kappa shape index (κ2) is 5.38. The van der Waals surface area contributed by atoms with Crippen LogP contribution < -0.4 is 5.32 Å². The van der Waals surface area contributed by atoms with Gasteiger partial charge in [0.2, 0.25) is 0 Å². The number of ether oxygens (including phenoxy) is 1. The third-order valence-electron chi connectivity index (χ3n) is 3.91. The van der Waals surface area contributed by atoms with Gasteiger partial charge in [-0.15, -0.1) is 0 Å². The van der Waals surface area contributed by atoms with Gasteiger partial charge in [0, 0.05) is 11.6 Å². The molecule has 1 aromatic carbocycles.